The van der Waals surface area contributed by atoms with E-state index in [-0.39, 0.29) is 18.2 Å². The Morgan fingerprint density at radius 3 is 2.58 bits per heavy atom. The van der Waals surface area contributed by atoms with E-state index in [1.54, 1.807) is 0 Å². The second-order valence-corrected chi connectivity index (χ2v) is 7.60. The normalized spacial score (nSPS) is 14.8. The van der Waals surface area contributed by atoms with Crippen LogP contribution in [0.3, 0.4) is 0 Å². The van der Waals surface area contributed by atoms with E-state index in [1.807, 2.05) is 30.3 Å². The highest BCUT2D eigenvalue weighted by Gasteiger charge is 2.20. The summed E-state index contributed by atoms with van der Waals surface area (Å²) in [7, 11) is 0. The van der Waals surface area contributed by atoms with E-state index in [0.29, 0.717) is 24.0 Å². The molecule has 1 aliphatic rings. The SMILES string of the molecule is O=C(Cc1ccccc1)NCCC(=O)Nc1nnc(C2CCCCC2)s1. The van der Waals surface area contributed by atoms with Crippen LogP contribution in [0.25, 0.3) is 0 Å². The molecule has 0 saturated heterocycles. The maximum absolute atomic E-state index is 12.0. The number of amides is 2. The number of carbonyl (C=O) groups excluding carboxylic acids is 2. The van der Waals surface area contributed by atoms with Crippen LogP contribution in [0, 0.1) is 0 Å². The van der Waals surface area contributed by atoms with Crippen molar-refractivity contribution in [3.63, 3.8) is 0 Å². The first-order chi connectivity index (χ1) is 12.7. The van der Waals surface area contributed by atoms with Gasteiger partial charge in [0.2, 0.25) is 16.9 Å². The van der Waals surface area contributed by atoms with Gasteiger partial charge in [-0.3, -0.25) is 9.59 Å². The maximum atomic E-state index is 12.0. The van der Waals surface area contributed by atoms with Gasteiger partial charge in [-0.25, -0.2) is 0 Å². The van der Waals surface area contributed by atoms with Crippen molar-refractivity contribution in [2.45, 2.75) is 50.9 Å². The van der Waals surface area contributed by atoms with Crippen LogP contribution in [-0.4, -0.2) is 28.6 Å². The van der Waals surface area contributed by atoms with E-state index in [9.17, 15) is 9.59 Å². The Hall–Kier alpha value is -2.28. The van der Waals surface area contributed by atoms with Crippen molar-refractivity contribution in [2.75, 3.05) is 11.9 Å². The van der Waals surface area contributed by atoms with Gasteiger partial charge >= 0.3 is 0 Å². The zero-order valence-corrected chi connectivity index (χ0v) is 15.6. The molecule has 3 rings (SSSR count). The van der Waals surface area contributed by atoms with Gasteiger partial charge in [0, 0.05) is 18.9 Å². The lowest BCUT2D eigenvalue weighted by Crippen LogP contribution is -2.28. The lowest BCUT2D eigenvalue weighted by Gasteiger charge is -2.18. The fourth-order valence-corrected chi connectivity index (χ4v) is 4.07. The Morgan fingerprint density at radius 1 is 1.04 bits per heavy atom. The summed E-state index contributed by atoms with van der Waals surface area (Å²) >= 11 is 1.47. The van der Waals surface area contributed by atoms with Crippen LogP contribution >= 0.6 is 11.3 Å². The molecule has 0 aliphatic heterocycles. The van der Waals surface area contributed by atoms with Crippen LogP contribution in [0.5, 0.6) is 0 Å². The molecule has 0 bridgehead atoms. The van der Waals surface area contributed by atoms with Gasteiger partial charge in [-0.2, -0.15) is 0 Å². The van der Waals surface area contributed by atoms with Gasteiger partial charge in [0.05, 0.1) is 6.42 Å². The predicted molar refractivity (Wildman–Crippen MR) is 102 cm³/mol. The molecule has 6 nitrogen and oxygen atoms in total. The zero-order chi connectivity index (χ0) is 18.2. The number of hydrogen-bond donors (Lipinski definition) is 2. The average molecular weight is 372 g/mol. The molecular weight excluding hydrogens is 348 g/mol. The number of benzene rings is 1. The summed E-state index contributed by atoms with van der Waals surface area (Å²) in [6.07, 6.45) is 6.66. The van der Waals surface area contributed by atoms with Gasteiger partial charge < -0.3 is 10.6 Å². The first-order valence-electron chi connectivity index (χ1n) is 9.14. The molecule has 1 fully saturated rings. The van der Waals surface area contributed by atoms with E-state index in [1.165, 1.54) is 30.6 Å². The number of hydrogen-bond acceptors (Lipinski definition) is 5. The highest BCUT2D eigenvalue weighted by atomic mass is 32.1. The Bertz CT molecular complexity index is 726. The quantitative estimate of drug-likeness (QED) is 0.781. The molecule has 2 N–H and O–H groups in total. The molecule has 138 valence electrons. The minimum absolute atomic E-state index is 0.0838. The van der Waals surface area contributed by atoms with Crippen molar-refractivity contribution in [3.8, 4) is 0 Å². The molecule has 0 unspecified atom stereocenters. The molecule has 1 aromatic heterocycles. The smallest absolute Gasteiger partial charge is 0.227 e. The Labute approximate surface area is 157 Å². The third-order valence-corrected chi connectivity index (χ3v) is 5.52. The van der Waals surface area contributed by atoms with Gasteiger partial charge in [0.15, 0.2) is 0 Å². The molecule has 1 aromatic carbocycles. The number of anilines is 1. The third-order valence-electron chi connectivity index (χ3n) is 4.52. The summed E-state index contributed by atoms with van der Waals surface area (Å²) in [5.74, 6) is 0.250. The van der Waals surface area contributed by atoms with Crippen molar-refractivity contribution < 1.29 is 9.59 Å². The van der Waals surface area contributed by atoms with Crippen LogP contribution in [0.4, 0.5) is 5.13 Å². The molecule has 1 aliphatic carbocycles. The van der Waals surface area contributed by atoms with Crippen LogP contribution in [0.1, 0.15) is 55.0 Å². The van der Waals surface area contributed by atoms with Gasteiger partial charge in [-0.1, -0.05) is 60.9 Å². The fourth-order valence-electron chi connectivity index (χ4n) is 3.14. The number of carbonyl (C=O) groups is 2. The molecule has 0 atom stereocenters. The highest BCUT2D eigenvalue weighted by Crippen LogP contribution is 2.35. The predicted octanol–water partition coefficient (Wildman–Crippen LogP) is 3.27. The Morgan fingerprint density at radius 2 is 1.81 bits per heavy atom. The van der Waals surface area contributed by atoms with Crippen LogP contribution in [0.2, 0.25) is 0 Å². The van der Waals surface area contributed by atoms with Gasteiger partial charge in [0.1, 0.15) is 5.01 Å². The minimum Gasteiger partial charge on any atom is -0.355 e. The highest BCUT2D eigenvalue weighted by molar-refractivity contribution is 7.15. The topological polar surface area (TPSA) is 84.0 Å². The lowest BCUT2D eigenvalue weighted by atomic mass is 9.90. The number of nitrogens with zero attached hydrogens (tertiary/aromatic N) is 2. The molecule has 2 aromatic rings. The average Bonchev–Trinajstić information content (AvgIpc) is 3.11. The number of rotatable bonds is 7. The summed E-state index contributed by atoms with van der Waals surface area (Å²) in [4.78, 5) is 23.9. The zero-order valence-electron chi connectivity index (χ0n) is 14.7. The molecule has 1 saturated carbocycles. The summed E-state index contributed by atoms with van der Waals surface area (Å²) in [6.45, 7) is 0.311. The molecule has 1 heterocycles. The first-order valence-corrected chi connectivity index (χ1v) is 9.96. The summed E-state index contributed by atoms with van der Waals surface area (Å²) in [6, 6.07) is 9.54. The van der Waals surface area contributed by atoms with Crippen molar-refractivity contribution >= 4 is 28.3 Å². The van der Waals surface area contributed by atoms with Crippen molar-refractivity contribution in [1.82, 2.24) is 15.5 Å². The lowest BCUT2D eigenvalue weighted by molar-refractivity contribution is -0.120. The molecule has 2 amide bonds. The summed E-state index contributed by atoms with van der Waals surface area (Å²) in [5.41, 5.74) is 0.957. The number of nitrogens with one attached hydrogen (secondary N) is 2. The molecule has 0 spiro atoms. The fraction of sp³-hybridized carbons (Fsp3) is 0.474. The van der Waals surface area contributed by atoms with Crippen molar-refractivity contribution in [1.29, 1.82) is 0 Å². The third kappa shape index (κ3) is 5.62. The first kappa shape index (κ1) is 18.5. The van der Waals surface area contributed by atoms with Crippen LogP contribution in [0.15, 0.2) is 30.3 Å². The van der Waals surface area contributed by atoms with Crippen molar-refractivity contribution in [3.05, 3.63) is 40.9 Å². The monoisotopic (exact) mass is 372 g/mol. The second kappa shape index (κ2) is 9.43. The second-order valence-electron chi connectivity index (χ2n) is 6.59. The van der Waals surface area contributed by atoms with E-state index in [2.05, 4.69) is 20.8 Å². The van der Waals surface area contributed by atoms with Gasteiger partial charge in [-0.15, -0.1) is 10.2 Å². The molecule has 7 heteroatoms. The molecule has 0 radical (unpaired) electrons. The Balaban J connectivity index is 1.37. The van der Waals surface area contributed by atoms with E-state index >= 15 is 0 Å². The van der Waals surface area contributed by atoms with Crippen LogP contribution in [-0.2, 0) is 16.0 Å². The Kier molecular flexibility index (Phi) is 6.71. The summed E-state index contributed by atoms with van der Waals surface area (Å²) < 4.78 is 0. The van der Waals surface area contributed by atoms with Gasteiger partial charge in [-0.05, 0) is 18.4 Å². The standard InChI is InChI=1S/C19H24N4O2S/c24-16(11-12-20-17(25)13-14-7-3-1-4-8-14)21-19-23-22-18(26-19)15-9-5-2-6-10-15/h1,3-4,7-8,15H,2,5-6,9-13H2,(H,20,25)(H,21,23,24). The van der Waals surface area contributed by atoms with E-state index < -0.39 is 0 Å². The van der Waals surface area contributed by atoms with Crippen molar-refractivity contribution in [2.24, 2.45) is 0 Å². The molecule has 26 heavy (non-hydrogen) atoms. The van der Waals surface area contributed by atoms with E-state index in [4.69, 9.17) is 0 Å². The molecular formula is C19H24N4O2S. The van der Waals surface area contributed by atoms with Crippen LogP contribution < -0.4 is 10.6 Å². The van der Waals surface area contributed by atoms with Gasteiger partial charge in [0.25, 0.3) is 0 Å². The maximum Gasteiger partial charge on any atom is 0.227 e. The summed E-state index contributed by atoms with van der Waals surface area (Å²) in [5, 5.41) is 15.4. The van der Waals surface area contributed by atoms with E-state index in [0.717, 1.165) is 23.4 Å². The largest absolute Gasteiger partial charge is 0.355 e. The minimum atomic E-state index is -0.156. The number of aromatic nitrogens is 2.